The zero-order valence-electron chi connectivity index (χ0n) is 11.6. The number of rotatable bonds is 5. The van der Waals surface area contributed by atoms with Crippen molar-refractivity contribution in [3.05, 3.63) is 0 Å². The highest BCUT2D eigenvalue weighted by Gasteiger charge is 2.28. The molecule has 0 aliphatic carbocycles. The summed E-state index contributed by atoms with van der Waals surface area (Å²) in [6.07, 6.45) is 4.13. The number of likely N-dealkylation sites (tertiary alicyclic amines) is 1. The van der Waals surface area contributed by atoms with Gasteiger partial charge in [0.05, 0.1) is 12.7 Å². The predicted molar refractivity (Wildman–Crippen MR) is 72.7 cm³/mol. The van der Waals surface area contributed by atoms with Gasteiger partial charge < -0.3 is 20.1 Å². The third-order valence-electron chi connectivity index (χ3n) is 4.18. The Morgan fingerprint density at radius 2 is 2.06 bits per heavy atom. The van der Waals surface area contributed by atoms with Crippen molar-refractivity contribution in [1.82, 2.24) is 10.2 Å². The Bertz CT molecular complexity index is 230. The van der Waals surface area contributed by atoms with Crippen LogP contribution in [-0.2, 0) is 4.74 Å². The SMILES string of the molecule is CCCNC1CCOCC1CN1CCC(O)CC1. The van der Waals surface area contributed by atoms with Crippen molar-refractivity contribution in [2.75, 3.05) is 39.4 Å². The molecule has 2 saturated heterocycles. The molecule has 2 aliphatic rings. The number of hydrogen-bond donors (Lipinski definition) is 2. The zero-order valence-corrected chi connectivity index (χ0v) is 11.6. The third-order valence-corrected chi connectivity index (χ3v) is 4.18. The Balaban J connectivity index is 1.77. The van der Waals surface area contributed by atoms with E-state index >= 15 is 0 Å². The van der Waals surface area contributed by atoms with Gasteiger partial charge in [0.1, 0.15) is 0 Å². The topological polar surface area (TPSA) is 44.7 Å². The lowest BCUT2D eigenvalue weighted by Crippen LogP contribution is -2.49. The number of nitrogens with one attached hydrogen (secondary N) is 1. The van der Waals surface area contributed by atoms with E-state index < -0.39 is 0 Å². The number of aliphatic hydroxyl groups excluding tert-OH is 1. The van der Waals surface area contributed by atoms with E-state index in [4.69, 9.17) is 4.74 Å². The molecule has 0 amide bonds. The van der Waals surface area contributed by atoms with Gasteiger partial charge in [-0.15, -0.1) is 0 Å². The van der Waals surface area contributed by atoms with Gasteiger partial charge in [0.15, 0.2) is 0 Å². The van der Waals surface area contributed by atoms with Crippen molar-refractivity contribution in [3.63, 3.8) is 0 Å². The first kappa shape index (κ1) is 14.3. The molecule has 4 nitrogen and oxygen atoms in total. The van der Waals surface area contributed by atoms with Crippen LogP contribution in [-0.4, -0.2) is 61.5 Å². The van der Waals surface area contributed by atoms with E-state index in [0.717, 1.165) is 58.7 Å². The van der Waals surface area contributed by atoms with Crippen molar-refractivity contribution in [3.8, 4) is 0 Å². The fourth-order valence-electron chi connectivity index (χ4n) is 3.01. The molecule has 2 N–H and O–H groups in total. The van der Waals surface area contributed by atoms with E-state index in [0.29, 0.717) is 12.0 Å². The largest absolute Gasteiger partial charge is 0.393 e. The standard InChI is InChI=1S/C14H28N2O2/c1-2-6-15-14-5-9-18-11-12(14)10-16-7-3-13(17)4-8-16/h12-15,17H,2-11H2,1H3. The Kier molecular flexibility index (Phi) is 5.89. The molecule has 0 saturated carbocycles. The Labute approximate surface area is 111 Å². The maximum Gasteiger partial charge on any atom is 0.0564 e. The van der Waals surface area contributed by atoms with Crippen molar-refractivity contribution in [2.24, 2.45) is 5.92 Å². The summed E-state index contributed by atoms with van der Waals surface area (Å²) in [7, 11) is 0. The van der Waals surface area contributed by atoms with Gasteiger partial charge in [-0.2, -0.15) is 0 Å². The molecule has 4 heteroatoms. The molecule has 0 spiro atoms. The summed E-state index contributed by atoms with van der Waals surface area (Å²) >= 11 is 0. The monoisotopic (exact) mass is 256 g/mol. The van der Waals surface area contributed by atoms with E-state index in [1.807, 2.05) is 0 Å². The minimum Gasteiger partial charge on any atom is -0.393 e. The van der Waals surface area contributed by atoms with Crippen LogP contribution in [0.3, 0.4) is 0 Å². The highest BCUT2D eigenvalue weighted by Crippen LogP contribution is 2.19. The summed E-state index contributed by atoms with van der Waals surface area (Å²) in [6, 6.07) is 0.616. The lowest BCUT2D eigenvalue weighted by Gasteiger charge is -2.38. The van der Waals surface area contributed by atoms with Gasteiger partial charge >= 0.3 is 0 Å². The maximum atomic E-state index is 9.54. The molecule has 2 fully saturated rings. The van der Waals surface area contributed by atoms with Gasteiger partial charge in [0, 0.05) is 38.2 Å². The van der Waals surface area contributed by atoms with Crippen LogP contribution in [0.2, 0.25) is 0 Å². The number of ether oxygens (including phenoxy) is 1. The highest BCUT2D eigenvalue weighted by molar-refractivity contribution is 4.83. The second kappa shape index (κ2) is 7.43. The molecule has 18 heavy (non-hydrogen) atoms. The molecule has 106 valence electrons. The summed E-state index contributed by atoms with van der Waals surface area (Å²) < 4.78 is 5.64. The summed E-state index contributed by atoms with van der Waals surface area (Å²) in [4.78, 5) is 2.49. The van der Waals surface area contributed by atoms with Gasteiger partial charge in [-0.1, -0.05) is 6.92 Å². The molecule has 2 unspecified atom stereocenters. The summed E-state index contributed by atoms with van der Waals surface area (Å²) in [6.45, 7) is 8.31. The van der Waals surface area contributed by atoms with Crippen LogP contribution in [0.1, 0.15) is 32.6 Å². The van der Waals surface area contributed by atoms with Crippen LogP contribution < -0.4 is 5.32 Å². The quantitative estimate of drug-likeness (QED) is 0.765. The highest BCUT2D eigenvalue weighted by atomic mass is 16.5. The van der Waals surface area contributed by atoms with Crippen LogP contribution >= 0.6 is 0 Å². The van der Waals surface area contributed by atoms with Crippen molar-refractivity contribution >= 4 is 0 Å². The molecule has 0 aromatic rings. The zero-order chi connectivity index (χ0) is 12.8. The molecule has 0 bridgehead atoms. The second-order valence-electron chi connectivity index (χ2n) is 5.72. The average molecular weight is 256 g/mol. The van der Waals surface area contributed by atoms with Gasteiger partial charge in [-0.3, -0.25) is 0 Å². The molecule has 2 aliphatic heterocycles. The van der Waals surface area contributed by atoms with Gasteiger partial charge in [-0.25, -0.2) is 0 Å². The number of aliphatic hydroxyl groups is 1. The van der Waals surface area contributed by atoms with E-state index in [1.54, 1.807) is 0 Å². The number of hydrogen-bond acceptors (Lipinski definition) is 4. The maximum absolute atomic E-state index is 9.54. The van der Waals surface area contributed by atoms with Crippen LogP contribution in [0.25, 0.3) is 0 Å². The normalized spacial score (nSPS) is 31.7. The fraction of sp³-hybridized carbons (Fsp3) is 1.00. The van der Waals surface area contributed by atoms with Crippen molar-refractivity contribution < 1.29 is 9.84 Å². The molecular weight excluding hydrogens is 228 g/mol. The first-order valence-electron chi connectivity index (χ1n) is 7.51. The van der Waals surface area contributed by atoms with E-state index in [-0.39, 0.29) is 6.10 Å². The minimum atomic E-state index is -0.0714. The van der Waals surface area contributed by atoms with E-state index in [9.17, 15) is 5.11 Å². The van der Waals surface area contributed by atoms with Crippen molar-refractivity contribution in [1.29, 1.82) is 0 Å². The van der Waals surface area contributed by atoms with Crippen molar-refractivity contribution in [2.45, 2.75) is 44.8 Å². The molecule has 0 aromatic carbocycles. The number of nitrogens with zero attached hydrogens (tertiary/aromatic N) is 1. The van der Waals surface area contributed by atoms with E-state index in [1.165, 1.54) is 6.42 Å². The van der Waals surface area contributed by atoms with E-state index in [2.05, 4.69) is 17.1 Å². The molecule has 2 atom stereocenters. The third kappa shape index (κ3) is 4.19. The number of piperidine rings is 1. The Morgan fingerprint density at radius 3 is 2.78 bits per heavy atom. The first-order valence-corrected chi connectivity index (χ1v) is 7.51. The minimum absolute atomic E-state index is 0.0714. The molecule has 2 rings (SSSR count). The summed E-state index contributed by atoms with van der Waals surface area (Å²) in [5.41, 5.74) is 0. The van der Waals surface area contributed by atoms with Crippen LogP contribution in [0.4, 0.5) is 0 Å². The van der Waals surface area contributed by atoms with Crippen LogP contribution in [0, 0.1) is 5.92 Å². The summed E-state index contributed by atoms with van der Waals surface area (Å²) in [5, 5.41) is 13.2. The predicted octanol–water partition coefficient (Wildman–Crippen LogP) is 0.848. The van der Waals surface area contributed by atoms with Crippen LogP contribution in [0.5, 0.6) is 0 Å². The molecular formula is C14H28N2O2. The molecule has 0 aromatic heterocycles. The lowest BCUT2D eigenvalue weighted by molar-refractivity contribution is 0.00511. The average Bonchev–Trinajstić information content (AvgIpc) is 2.40. The van der Waals surface area contributed by atoms with Crippen LogP contribution in [0.15, 0.2) is 0 Å². The molecule has 0 radical (unpaired) electrons. The van der Waals surface area contributed by atoms with Gasteiger partial charge in [0.2, 0.25) is 0 Å². The molecule has 2 heterocycles. The summed E-state index contributed by atoms with van der Waals surface area (Å²) in [5.74, 6) is 0.612. The van der Waals surface area contributed by atoms with Gasteiger partial charge in [0.25, 0.3) is 0 Å². The smallest absolute Gasteiger partial charge is 0.0564 e. The Hall–Kier alpha value is -0.160. The first-order chi connectivity index (χ1) is 8.79. The second-order valence-corrected chi connectivity index (χ2v) is 5.72. The fourth-order valence-corrected chi connectivity index (χ4v) is 3.01. The Morgan fingerprint density at radius 1 is 1.28 bits per heavy atom. The van der Waals surface area contributed by atoms with Gasteiger partial charge in [-0.05, 0) is 32.2 Å². The lowest BCUT2D eigenvalue weighted by atomic mass is 9.94.